The Bertz CT molecular complexity index is 899. The Hall–Kier alpha value is -3.10. The molecular formula is C19H16ClN3O2. The molecule has 6 heteroatoms. The van der Waals surface area contributed by atoms with Gasteiger partial charge in [-0.1, -0.05) is 67.0 Å². The second-order valence-electron chi connectivity index (χ2n) is 4.68. The summed E-state index contributed by atoms with van der Waals surface area (Å²) in [7, 11) is 0. The smallest absolute Gasteiger partial charge is 0.258 e. The van der Waals surface area contributed by atoms with Crippen LogP contribution < -0.4 is 5.32 Å². The molecule has 25 heavy (non-hydrogen) atoms. The van der Waals surface area contributed by atoms with Gasteiger partial charge in [-0.25, -0.2) is 0 Å². The van der Waals surface area contributed by atoms with Crippen LogP contribution in [0.2, 0.25) is 5.02 Å². The highest BCUT2D eigenvalue weighted by Gasteiger charge is 2.19. The van der Waals surface area contributed by atoms with Crippen molar-refractivity contribution in [1.82, 2.24) is 5.16 Å². The lowest BCUT2D eigenvalue weighted by molar-refractivity contribution is 0.102. The molecule has 1 heterocycles. The van der Waals surface area contributed by atoms with Crippen LogP contribution in [0.3, 0.4) is 0 Å². The summed E-state index contributed by atoms with van der Waals surface area (Å²) < 4.78 is 5.13. The number of nitrogens with zero attached hydrogens (tertiary/aromatic N) is 2. The summed E-state index contributed by atoms with van der Waals surface area (Å²) in [5.41, 5.74) is 1.65. The molecule has 1 N–H and O–H groups in total. The second kappa shape index (κ2) is 8.67. The van der Waals surface area contributed by atoms with E-state index in [0.717, 1.165) is 5.56 Å². The maximum Gasteiger partial charge on any atom is 0.258 e. The summed E-state index contributed by atoms with van der Waals surface area (Å²) in [5.74, 6) is -0.420. The number of halogens is 1. The maximum atomic E-state index is 12.2. The number of amides is 1. The van der Waals surface area contributed by atoms with E-state index in [-0.39, 0.29) is 11.4 Å². The van der Waals surface area contributed by atoms with Crippen LogP contribution in [0.4, 0.5) is 5.88 Å². The zero-order valence-electron chi connectivity index (χ0n) is 13.8. The molecule has 0 radical (unpaired) electrons. The van der Waals surface area contributed by atoms with Crippen LogP contribution in [-0.2, 0) is 0 Å². The molecule has 3 aromatic rings. The molecule has 1 aromatic heterocycles. The number of hydrogen-bond acceptors (Lipinski definition) is 4. The fourth-order valence-corrected chi connectivity index (χ4v) is 2.27. The summed E-state index contributed by atoms with van der Waals surface area (Å²) in [6.45, 7) is 4.00. The average Bonchev–Trinajstić information content (AvgIpc) is 3.06. The van der Waals surface area contributed by atoms with Gasteiger partial charge in [0.25, 0.3) is 5.91 Å². The molecule has 0 saturated heterocycles. The number of carbonyl (C=O) groups excluding carboxylic acids is 1. The molecule has 0 bridgehead atoms. The van der Waals surface area contributed by atoms with Crippen LogP contribution >= 0.6 is 11.6 Å². The standard InChI is InChI=1S/C17H10ClN3O2.C2H6/c18-13-8-4-7-12(9-13)16(22)20-17-14(10-19)15(21-23-17)11-5-2-1-3-6-11;1-2/h1-9H,(H,20,22);1-2H3. The quantitative estimate of drug-likeness (QED) is 0.706. The molecule has 0 spiro atoms. The van der Waals surface area contributed by atoms with Crippen LogP contribution in [0.15, 0.2) is 59.1 Å². The molecule has 126 valence electrons. The largest absolute Gasteiger partial charge is 0.336 e. The predicted octanol–water partition coefficient (Wildman–Crippen LogP) is 5.15. The van der Waals surface area contributed by atoms with Crippen LogP contribution in [0.1, 0.15) is 29.8 Å². The third-order valence-electron chi connectivity index (χ3n) is 3.16. The Morgan fingerprint density at radius 1 is 1.16 bits per heavy atom. The van der Waals surface area contributed by atoms with Crippen molar-refractivity contribution in [3.63, 3.8) is 0 Å². The first kappa shape index (κ1) is 18.2. The number of nitrogens with one attached hydrogen (secondary N) is 1. The van der Waals surface area contributed by atoms with Gasteiger partial charge in [0.1, 0.15) is 17.3 Å². The van der Waals surface area contributed by atoms with Crippen molar-refractivity contribution < 1.29 is 9.32 Å². The van der Waals surface area contributed by atoms with E-state index >= 15 is 0 Å². The number of aromatic nitrogens is 1. The molecule has 0 aliphatic heterocycles. The number of carbonyl (C=O) groups is 1. The second-order valence-corrected chi connectivity index (χ2v) is 5.11. The van der Waals surface area contributed by atoms with E-state index in [4.69, 9.17) is 16.1 Å². The van der Waals surface area contributed by atoms with E-state index in [1.165, 1.54) is 6.07 Å². The van der Waals surface area contributed by atoms with Crippen LogP contribution in [0.25, 0.3) is 11.3 Å². The summed E-state index contributed by atoms with van der Waals surface area (Å²) >= 11 is 5.87. The SMILES string of the molecule is CC.N#Cc1c(-c2ccccc2)noc1NC(=O)c1cccc(Cl)c1. The highest BCUT2D eigenvalue weighted by Crippen LogP contribution is 2.28. The van der Waals surface area contributed by atoms with Gasteiger partial charge in [-0.3, -0.25) is 10.1 Å². The van der Waals surface area contributed by atoms with Gasteiger partial charge in [0, 0.05) is 16.1 Å². The van der Waals surface area contributed by atoms with Crippen LogP contribution in [0.5, 0.6) is 0 Å². The van der Waals surface area contributed by atoms with E-state index in [9.17, 15) is 10.1 Å². The van der Waals surface area contributed by atoms with Crippen LogP contribution in [-0.4, -0.2) is 11.1 Å². The van der Waals surface area contributed by atoms with Gasteiger partial charge in [-0.15, -0.1) is 0 Å². The van der Waals surface area contributed by atoms with E-state index in [1.54, 1.807) is 30.3 Å². The number of hydrogen-bond donors (Lipinski definition) is 1. The predicted molar refractivity (Wildman–Crippen MR) is 97.4 cm³/mol. The zero-order chi connectivity index (χ0) is 18.2. The van der Waals surface area contributed by atoms with Crippen LogP contribution in [0, 0.1) is 11.3 Å². The molecule has 0 atom stereocenters. The molecule has 5 nitrogen and oxygen atoms in total. The van der Waals surface area contributed by atoms with E-state index < -0.39 is 5.91 Å². The third-order valence-corrected chi connectivity index (χ3v) is 3.40. The van der Waals surface area contributed by atoms with Gasteiger partial charge < -0.3 is 4.52 Å². The zero-order valence-corrected chi connectivity index (χ0v) is 14.5. The fourth-order valence-electron chi connectivity index (χ4n) is 2.08. The third kappa shape index (κ3) is 4.25. The Labute approximate surface area is 150 Å². The van der Waals surface area contributed by atoms with E-state index in [0.29, 0.717) is 16.3 Å². The normalized spacial score (nSPS) is 9.52. The maximum absolute atomic E-state index is 12.2. The first-order valence-electron chi connectivity index (χ1n) is 7.71. The Balaban J connectivity index is 0.00000109. The van der Waals surface area contributed by atoms with Crippen molar-refractivity contribution >= 4 is 23.4 Å². The average molecular weight is 354 g/mol. The fraction of sp³-hybridized carbons (Fsp3) is 0.105. The molecule has 0 saturated carbocycles. The van der Waals surface area contributed by atoms with Crippen molar-refractivity contribution in [2.75, 3.05) is 5.32 Å². The van der Waals surface area contributed by atoms with Crippen molar-refractivity contribution in [3.05, 3.63) is 70.7 Å². The van der Waals surface area contributed by atoms with Gasteiger partial charge >= 0.3 is 0 Å². The lowest BCUT2D eigenvalue weighted by atomic mass is 10.1. The lowest BCUT2D eigenvalue weighted by Crippen LogP contribution is -2.12. The van der Waals surface area contributed by atoms with E-state index in [2.05, 4.69) is 10.5 Å². The molecule has 2 aromatic carbocycles. The molecular weight excluding hydrogens is 338 g/mol. The molecule has 0 unspecified atom stereocenters. The topological polar surface area (TPSA) is 78.9 Å². The van der Waals surface area contributed by atoms with Gasteiger partial charge in [-0.2, -0.15) is 5.26 Å². The van der Waals surface area contributed by atoms with Crippen molar-refractivity contribution in [1.29, 1.82) is 5.26 Å². The first-order chi connectivity index (χ1) is 12.2. The minimum atomic E-state index is -0.431. The molecule has 3 rings (SSSR count). The monoisotopic (exact) mass is 353 g/mol. The summed E-state index contributed by atoms with van der Waals surface area (Å²) in [6.07, 6.45) is 0. The minimum absolute atomic E-state index is 0.0105. The van der Waals surface area contributed by atoms with Crippen molar-refractivity contribution in [2.45, 2.75) is 13.8 Å². The molecule has 0 aliphatic rings. The number of anilines is 1. The number of benzene rings is 2. The Kier molecular flexibility index (Phi) is 6.33. The van der Waals surface area contributed by atoms with E-state index in [1.807, 2.05) is 38.1 Å². The molecule has 0 fully saturated rings. The molecule has 0 aliphatic carbocycles. The van der Waals surface area contributed by atoms with Gasteiger partial charge in [0.2, 0.25) is 5.88 Å². The summed E-state index contributed by atoms with van der Waals surface area (Å²) in [5, 5.41) is 16.2. The van der Waals surface area contributed by atoms with Gasteiger partial charge in [-0.05, 0) is 18.2 Å². The number of nitriles is 1. The highest BCUT2D eigenvalue weighted by molar-refractivity contribution is 6.31. The summed E-state index contributed by atoms with van der Waals surface area (Å²) in [6, 6.07) is 17.6. The Morgan fingerprint density at radius 3 is 2.52 bits per heavy atom. The van der Waals surface area contributed by atoms with Gasteiger partial charge in [0.15, 0.2) is 0 Å². The lowest BCUT2D eigenvalue weighted by Gasteiger charge is -2.02. The molecule has 1 amide bonds. The first-order valence-corrected chi connectivity index (χ1v) is 8.09. The summed E-state index contributed by atoms with van der Waals surface area (Å²) in [4.78, 5) is 12.2. The van der Waals surface area contributed by atoms with Gasteiger partial charge in [0.05, 0.1) is 0 Å². The minimum Gasteiger partial charge on any atom is -0.336 e. The van der Waals surface area contributed by atoms with Crippen molar-refractivity contribution in [2.24, 2.45) is 0 Å². The highest BCUT2D eigenvalue weighted by atomic mass is 35.5. The number of rotatable bonds is 3. The van der Waals surface area contributed by atoms with Crippen molar-refractivity contribution in [3.8, 4) is 17.3 Å². The Morgan fingerprint density at radius 2 is 1.88 bits per heavy atom.